The van der Waals surface area contributed by atoms with Crippen LogP contribution in [0.3, 0.4) is 0 Å². The number of benzene rings is 1. The van der Waals surface area contributed by atoms with Crippen molar-refractivity contribution in [1.29, 1.82) is 0 Å². The van der Waals surface area contributed by atoms with E-state index in [0.29, 0.717) is 30.5 Å². The molecule has 4 aliphatic rings. The van der Waals surface area contributed by atoms with Crippen LogP contribution in [-0.4, -0.2) is 127 Å². The second-order valence-electron chi connectivity index (χ2n) is 15.8. The van der Waals surface area contributed by atoms with Gasteiger partial charge in [-0.15, -0.1) is 6.58 Å². The molecule has 5 atom stereocenters. The number of alkyl carbamates (subject to hydrolysis) is 1. The fourth-order valence-electron chi connectivity index (χ4n) is 6.60. The van der Waals surface area contributed by atoms with Gasteiger partial charge in [0, 0.05) is 43.6 Å². The minimum absolute atomic E-state index is 0.0373. The molecule has 3 fully saturated rings. The Labute approximate surface area is 325 Å². The highest BCUT2D eigenvalue weighted by atomic mass is 32.2. The maximum atomic E-state index is 14.5. The van der Waals surface area contributed by atoms with Crippen molar-refractivity contribution in [3.8, 4) is 0 Å². The monoisotopic (exact) mass is 803 g/mol. The predicted molar refractivity (Wildman–Crippen MR) is 199 cm³/mol. The number of carbonyl (C=O) groups excluding carboxylic acids is 6. The number of halogens is 1. The van der Waals surface area contributed by atoms with E-state index in [4.69, 9.17) is 9.47 Å². The van der Waals surface area contributed by atoms with Crippen molar-refractivity contribution in [2.75, 3.05) is 33.7 Å². The second kappa shape index (κ2) is 16.6. The third-order valence-electron chi connectivity index (χ3n) is 9.76. The van der Waals surface area contributed by atoms with Crippen LogP contribution in [0.25, 0.3) is 0 Å². The topological polar surface area (TPSA) is 213 Å². The Morgan fingerprint density at radius 1 is 1.12 bits per heavy atom. The molecule has 1 saturated heterocycles. The number of rotatable bonds is 14. The Bertz CT molecular complexity index is 1900. The average molecular weight is 804 g/mol. The van der Waals surface area contributed by atoms with Crippen LogP contribution in [-0.2, 0) is 51.8 Å². The second-order valence-corrected chi connectivity index (χ2v) is 17.7. The maximum absolute atomic E-state index is 14.5. The molecule has 5 rings (SSSR count). The molecule has 2 aliphatic carbocycles. The van der Waals surface area contributed by atoms with Crippen LogP contribution in [0.4, 0.5) is 14.0 Å². The number of carbonyl (C=O) groups is 6. The summed E-state index contributed by atoms with van der Waals surface area (Å²) in [6.45, 7) is 8.24. The summed E-state index contributed by atoms with van der Waals surface area (Å²) in [5.41, 5.74) is -1.70. The number of ether oxygens (including phenoxy) is 2. The van der Waals surface area contributed by atoms with Crippen molar-refractivity contribution in [2.45, 2.75) is 94.1 Å². The van der Waals surface area contributed by atoms with Crippen molar-refractivity contribution in [2.24, 2.45) is 5.92 Å². The molecule has 0 aromatic heterocycles. The lowest BCUT2D eigenvalue weighted by Crippen LogP contribution is -2.59. The smallest absolute Gasteiger partial charge is 0.410 e. The van der Waals surface area contributed by atoms with Crippen molar-refractivity contribution < 1.29 is 51.0 Å². The lowest BCUT2D eigenvalue weighted by atomic mass is 10.1. The third kappa shape index (κ3) is 10.2. The first-order valence-electron chi connectivity index (χ1n) is 18.3. The van der Waals surface area contributed by atoms with E-state index >= 15 is 0 Å². The van der Waals surface area contributed by atoms with Gasteiger partial charge in [0.1, 0.15) is 35.1 Å². The van der Waals surface area contributed by atoms with Gasteiger partial charge in [0.25, 0.3) is 5.91 Å². The standard InChI is InChI=1S/C37H50FN7O10S/c1-7-23-17-37(23,33(49)42-56(52,53)25-13-14-25)41-31(47)29-16-24(54-35(51)44-19-22-10-8-11-27(38)26(22)21-44)20-45(29)32(48)28(40-34(50)55-36(2,3)4)18-39-30(46)12-9-15-43(5)6/h7-12,23-25,28-29H,1,13-21H2,2-6H3,(H,39,46)(H,40,50)(H,41,47)(H,42,49)/b12-9+/t23-,24?,28+,29+,37-/m1/s1. The molecule has 6 amide bonds. The summed E-state index contributed by atoms with van der Waals surface area (Å²) >= 11 is 0. The van der Waals surface area contributed by atoms with E-state index in [2.05, 4.69) is 27.3 Å². The largest absolute Gasteiger partial charge is 0.444 e. The molecule has 2 aliphatic heterocycles. The van der Waals surface area contributed by atoms with E-state index in [0.717, 1.165) is 4.90 Å². The van der Waals surface area contributed by atoms with Crippen LogP contribution in [0.2, 0.25) is 0 Å². The summed E-state index contributed by atoms with van der Waals surface area (Å²) < 4.78 is 53.0. The molecule has 2 saturated carbocycles. The number of nitrogens with one attached hydrogen (secondary N) is 4. The minimum Gasteiger partial charge on any atom is -0.444 e. The highest BCUT2D eigenvalue weighted by Crippen LogP contribution is 2.45. The molecule has 0 spiro atoms. The number of likely N-dealkylation sites (N-methyl/N-ethyl adjacent to an activating group) is 1. The molecule has 4 N–H and O–H groups in total. The van der Waals surface area contributed by atoms with E-state index < -0.39 is 98.7 Å². The summed E-state index contributed by atoms with van der Waals surface area (Å²) in [5.74, 6) is -4.33. The van der Waals surface area contributed by atoms with E-state index in [1.807, 2.05) is 19.0 Å². The van der Waals surface area contributed by atoms with E-state index in [-0.39, 0.29) is 32.5 Å². The Balaban J connectivity index is 1.38. The molecule has 17 nitrogen and oxygen atoms in total. The van der Waals surface area contributed by atoms with Gasteiger partial charge in [-0.25, -0.2) is 22.4 Å². The third-order valence-corrected chi connectivity index (χ3v) is 11.6. The zero-order valence-corrected chi connectivity index (χ0v) is 32.9. The molecule has 19 heteroatoms. The van der Waals surface area contributed by atoms with Crippen molar-refractivity contribution in [1.82, 2.24) is 35.4 Å². The van der Waals surface area contributed by atoms with Gasteiger partial charge in [0.05, 0.1) is 18.3 Å². The van der Waals surface area contributed by atoms with E-state index in [1.165, 1.54) is 29.2 Å². The number of hydrogen-bond acceptors (Lipinski definition) is 11. The SMILES string of the molecule is C=C[C@@H]1C[C@]1(NC(=O)[C@@H]1CC(OC(=O)N2Cc3cccc(F)c3C2)CN1C(=O)[C@H](CNC(=O)/C=C/CN(C)C)NC(=O)OC(C)(C)C)C(=O)NS(=O)(=O)C1CC1. The Kier molecular flexibility index (Phi) is 12.5. The predicted octanol–water partition coefficient (Wildman–Crippen LogP) is 1.04. The highest BCUT2D eigenvalue weighted by molar-refractivity contribution is 7.91. The van der Waals surface area contributed by atoms with Crippen molar-refractivity contribution in [3.63, 3.8) is 0 Å². The first kappa shape index (κ1) is 42.1. The number of likely N-dealkylation sites (tertiary alicyclic amines) is 1. The molecule has 1 aromatic rings. The molecule has 56 heavy (non-hydrogen) atoms. The minimum atomic E-state index is -3.98. The molecule has 2 heterocycles. The first-order chi connectivity index (χ1) is 26.2. The van der Waals surface area contributed by atoms with Crippen molar-refractivity contribution >= 4 is 45.8 Å². The zero-order chi connectivity index (χ0) is 41.2. The van der Waals surface area contributed by atoms with Crippen LogP contribution >= 0.6 is 0 Å². The summed E-state index contributed by atoms with van der Waals surface area (Å²) in [4.78, 5) is 85.2. The fourth-order valence-corrected chi connectivity index (χ4v) is 7.97. The van der Waals surface area contributed by atoms with Gasteiger partial charge in [-0.2, -0.15) is 0 Å². The summed E-state index contributed by atoms with van der Waals surface area (Å²) in [5, 5.41) is 6.98. The number of fused-ring (bicyclic) bond motifs is 1. The van der Waals surface area contributed by atoms with Crippen LogP contribution in [0.15, 0.2) is 43.0 Å². The first-order valence-corrected chi connectivity index (χ1v) is 19.9. The van der Waals surface area contributed by atoms with Gasteiger partial charge in [-0.05, 0) is 65.8 Å². The van der Waals surface area contributed by atoms with Crippen LogP contribution in [0.5, 0.6) is 0 Å². The Morgan fingerprint density at radius 2 is 1.84 bits per heavy atom. The summed E-state index contributed by atoms with van der Waals surface area (Å²) in [6, 6.07) is 1.62. The maximum Gasteiger partial charge on any atom is 0.410 e. The van der Waals surface area contributed by atoms with E-state index in [1.54, 1.807) is 32.9 Å². The fraction of sp³-hybridized carbons (Fsp3) is 0.568. The number of amides is 6. The van der Waals surface area contributed by atoms with Crippen LogP contribution in [0, 0.1) is 11.7 Å². The normalized spacial score (nSPS) is 23.6. The lowest BCUT2D eigenvalue weighted by molar-refractivity contribution is -0.141. The highest BCUT2D eigenvalue weighted by Gasteiger charge is 2.62. The zero-order valence-electron chi connectivity index (χ0n) is 32.1. The molecular weight excluding hydrogens is 754 g/mol. The quantitative estimate of drug-likeness (QED) is 0.154. The molecule has 0 radical (unpaired) electrons. The molecule has 306 valence electrons. The number of hydrogen-bond donors (Lipinski definition) is 4. The molecular formula is C37H50FN7O10S. The molecule has 0 bridgehead atoms. The van der Waals surface area contributed by atoms with Gasteiger partial charge < -0.3 is 35.2 Å². The van der Waals surface area contributed by atoms with Crippen molar-refractivity contribution in [3.05, 3.63) is 60.0 Å². The van der Waals surface area contributed by atoms with E-state index in [9.17, 15) is 41.6 Å². The summed E-state index contributed by atoms with van der Waals surface area (Å²) in [7, 11) is -0.363. The molecule has 1 unspecified atom stereocenters. The average Bonchev–Trinajstić information content (AvgIpc) is 3.99. The van der Waals surface area contributed by atoms with Gasteiger partial charge in [-0.3, -0.25) is 28.8 Å². The van der Waals surface area contributed by atoms with Gasteiger partial charge >= 0.3 is 12.2 Å². The number of nitrogens with zero attached hydrogens (tertiary/aromatic N) is 3. The lowest BCUT2D eigenvalue weighted by Gasteiger charge is -2.30. The van der Waals surface area contributed by atoms with Crippen LogP contribution in [0.1, 0.15) is 57.6 Å². The summed E-state index contributed by atoms with van der Waals surface area (Å²) in [6.07, 6.45) is 1.95. The Hall–Kier alpha value is -5.04. The number of sulfonamides is 1. The van der Waals surface area contributed by atoms with Gasteiger partial charge in [0.15, 0.2) is 0 Å². The molecule has 1 aromatic carbocycles. The Morgan fingerprint density at radius 3 is 2.45 bits per heavy atom. The van der Waals surface area contributed by atoms with Crippen LogP contribution < -0.4 is 20.7 Å². The van der Waals surface area contributed by atoms with Gasteiger partial charge in [-0.1, -0.05) is 24.3 Å². The van der Waals surface area contributed by atoms with Gasteiger partial charge in [0.2, 0.25) is 27.7 Å².